The molecule has 0 heterocycles. The van der Waals surface area contributed by atoms with Crippen LogP contribution in [0.1, 0.15) is 34.7 Å². The van der Waals surface area contributed by atoms with E-state index in [0.29, 0.717) is 16.8 Å². The van der Waals surface area contributed by atoms with Gasteiger partial charge in [0.05, 0.1) is 5.71 Å². The summed E-state index contributed by atoms with van der Waals surface area (Å²) in [5.41, 5.74) is 5.56. The lowest BCUT2D eigenvalue weighted by Crippen LogP contribution is -2.43. The molecule has 0 aromatic heterocycles. The summed E-state index contributed by atoms with van der Waals surface area (Å²) in [6.45, 7) is 5.88. The van der Waals surface area contributed by atoms with Crippen LogP contribution in [0.25, 0.3) is 0 Å². The molecule has 0 saturated heterocycles. The third-order valence-electron chi connectivity index (χ3n) is 4.81. The van der Waals surface area contributed by atoms with E-state index in [2.05, 4.69) is 16.6 Å². The van der Waals surface area contributed by atoms with E-state index < -0.39 is 11.5 Å². The quantitative estimate of drug-likeness (QED) is 0.524. The molecule has 3 aromatic carbocycles. The van der Waals surface area contributed by atoms with Crippen LogP contribution in [-0.2, 0) is 10.4 Å². The lowest BCUT2D eigenvalue weighted by atomic mass is 9.85. The Bertz CT molecular complexity index is 956. The second-order valence-electron chi connectivity index (χ2n) is 6.90. The molecule has 3 aromatic rings. The van der Waals surface area contributed by atoms with Gasteiger partial charge in [0.25, 0.3) is 5.91 Å². The Balaban J connectivity index is 1.95. The minimum Gasteiger partial charge on any atom is -0.372 e. The van der Waals surface area contributed by atoms with Gasteiger partial charge in [-0.25, -0.2) is 5.43 Å². The second kappa shape index (κ2) is 8.19. The first-order valence-electron chi connectivity index (χ1n) is 9.18. The first kappa shape index (κ1) is 19.5. The maximum atomic E-state index is 13.1. The Morgan fingerprint density at radius 2 is 1.43 bits per heavy atom. The highest BCUT2D eigenvalue weighted by Gasteiger charge is 2.39. The summed E-state index contributed by atoms with van der Waals surface area (Å²) in [5, 5.41) is 15.7. The Labute approximate surface area is 165 Å². The van der Waals surface area contributed by atoms with Gasteiger partial charge in [0.15, 0.2) is 5.60 Å². The predicted octanol–water partition coefficient (Wildman–Crippen LogP) is 4.08. The molecule has 0 aliphatic carbocycles. The minimum absolute atomic E-state index is 0.484. The smallest absolute Gasteiger partial charge is 0.281 e. The van der Waals surface area contributed by atoms with Gasteiger partial charge < -0.3 is 5.11 Å². The van der Waals surface area contributed by atoms with Crippen LogP contribution in [0.5, 0.6) is 0 Å². The third-order valence-corrected chi connectivity index (χ3v) is 4.81. The van der Waals surface area contributed by atoms with Crippen molar-refractivity contribution in [3.05, 3.63) is 107 Å². The maximum absolute atomic E-state index is 13.1. The van der Waals surface area contributed by atoms with Gasteiger partial charge in [-0.2, -0.15) is 5.10 Å². The fourth-order valence-corrected chi connectivity index (χ4v) is 3.28. The number of benzene rings is 3. The number of carbonyl (C=O) groups excluding carboxylic acids is 1. The predicted molar refractivity (Wildman–Crippen MR) is 112 cm³/mol. The molecule has 0 saturated carbocycles. The third kappa shape index (κ3) is 3.87. The molecular weight excluding hydrogens is 348 g/mol. The van der Waals surface area contributed by atoms with E-state index in [1.54, 1.807) is 48.5 Å². The summed E-state index contributed by atoms with van der Waals surface area (Å²) in [5.74, 6) is -0.603. The van der Waals surface area contributed by atoms with Crippen molar-refractivity contribution in [2.75, 3.05) is 0 Å². The number of hydrogen-bond acceptors (Lipinski definition) is 3. The van der Waals surface area contributed by atoms with Crippen molar-refractivity contribution in [3.8, 4) is 0 Å². The van der Waals surface area contributed by atoms with Crippen LogP contribution in [0.4, 0.5) is 0 Å². The van der Waals surface area contributed by atoms with E-state index >= 15 is 0 Å². The highest BCUT2D eigenvalue weighted by molar-refractivity contribution is 6.01. The Morgan fingerprint density at radius 3 is 1.93 bits per heavy atom. The lowest BCUT2D eigenvalue weighted by Gasteiger charge is -2.27. The fraction of sp³-hybridized carbons (Fsp3) is 0.167. The van der Waals surface area contributed by atoms with Crippen LogP contribution in [0.3, 0.4) is 0 Å². The molecule has 2 N–H and O–H groups in total. The summed E-state index contributed by atoms with van der Waals surface area (Å²) in [4.78, 5) is 13.1. The molecule has 0 bridgehead atoms. The Hall–Kier alpha value is -3.24. The molecule has 0 aliphatic rings. The summed E-state index contributed by atoms with van der Waals surface area (Å²) in [6, 6.07) is 23.8. The molecule has 3 rings (SSSR count). The zero-order chi connectivity index (χ0) is 20.1. The zero-order valence-electron chi connectivity index (χ0n) is 16.3. The van der Waals surface area contributed by atoms with Gasteiger partial charge in [0.1, 0.15) is 0 Å². The van der Waals surface area contributed by atoms with Crippen molar-refractivity contribution in [3.63, 3.8) is 0 Å². The molecule has 1 amide bonds. The van der Waals surface area contributed by atoms with Gasteiger partial charge in [0.2, 0.25) is 0 Å². The molecule has 0 spiro atoms. The van der Waals surface area contributed by atoms with E-state index in [1.165, 1.54) is 5.56 Å². The van der Waals surface area contributed by atoms with Crippen molar-refractivity contribution in [1.29, 1.82) is 0 Å². The summed E-state index contributed by atoms with van der Waals surface area (Å²) >= 11 is 0. The number of amides is 1. The number of nitrogens with zero attached hydrogens (tertiary/aromatic N) is 1. The number of aryl methyl sites for hydroxylation is 2. The Kier molecular flexibility index (Phi) is 5.71. The average molecular weight is 372 g/mol. The molecule has 0 fully saturated rings. The molecular formula is C24H24N2O2. The van der Waals surface area contributed by atoms with Crippen molar-refractivity contribution < 1.29 is 9.90 Å². The van der Waals surface area contributed by atoms with E-state index in [-0.39, 0.29) is 0 Å². The second-order valence-corrected chi connectivity index (χ2v) is 6.90. The number of nitrogens with one attached hydrogen (secondary N) is 1. The van der Waals surface area contributed by atoms with Gasteiger partial charge >= 0.3 is 0 Å². The van der Waals surface area contributed by atoms with Gasteiger partial charge in [-0.15, -0.1) is 0 Å². The topological polar surface area (TPSA) is 61.7 Å². The number of aliphatic hydroxyl groups is 1. The van der Waals surface area contributed by atoms with Crippen LogP contribution in [0.2, 0.25) is 0 Å². The summed E-state index contributed by atoms with van der Waals surface area (Å²) < 4.78 is 0. The van der Waals surface area contributed by atoms with Crippen molar-refractivity contribution in [2.45, 2.75) is 26.4 Å². The standard InChI is InChI=1S/C24H24N2O2/c1-17-14-15-22(18(2)16-17)19(3)25-26-23(27)24(28,20-10-6-4-7-11-20)21-12-8-5-9-13-21/h4-16,28H,1-3H3,(H,26,27)/b25-19-. The van der Waals surface area contributed by atoms with Crippen molar-refractivity contribution in [2.24, 2.45) is 5.10 Å². The monoisotopic (exact) mass is 372 g/mol. The molecule has 28 heavy (non-hydrogen) atoms. The van der Waals surface area contributed by atoms with Crippen molar-refractivity contribution in [1.82, 2.24) is 5.43 Å². The molecule has 4 nitrogen and oxygen atoms in total. The molecule has 142 valence electrons. The molecule has 0 atom stereocenters. The largest absolute Gasteiger partial charge is 0.372 e. The van der Waals surface area contributed by atoms with E-state index in [4.69, 9.17) is 0 Å². The molecule has 0 aliphatic heterocycles. The fourth-order valence-electron chi connectivity index (χ4n) is 3.28. The van der Waals surface area contributed by atoms with Gasteiger partial charge in [-0.1, -0.05) is 84.4 Å². The highest BCUT2D eigenvalue weighted by atomic mass is 16.3. The maximum Gasteiger partial charge on any atom is 0.281 e. The minimum atomic E-state index is -1.84. The summed E-state index contributed by atoms with van der Waals surface area (Å²) in [7, 11) is 0. The first-order chi connectivity index (χ1) is 13.4. The van der Waals surface area contributed by atoms with E-state index in [9.17, 15) is 9.90 Å². The SMILES string of the molecule is C/C(=N/NC(=O)C(O)(c1ccccc1)c1ccccc1)c1ccc(C)cc1C. The van der Waals surface area contributed by atoms with Gasteiger partial charge in [-0.3, -0.25) is 4.79 Å². The normalized spacial score (nSPS) is 11.9. The van der Waals surface area contributed by atoms with Gasteiger partial charge in [0, 0.05) is 5.56 Å². The lowest BCUT2D eigenvalue weighted by molar-refractivity contribution is -0.136. The van der Waals surface area contributed by atoms with Crippen LogP contribution in [0.15, 0.2) is 84.0 Å². The van der Waals surface area contributed by atoms with Crippen LogP contribution in [0, 0.1) is 13.8 Å². The highest BCUT2D eigenvalue weighted by Crippen LogP contribution is 2.29. The number of rotatable bonds is 5. The average Bonchev–Trinajstić information content (AvgIpc) is 2.72. The van der Waals surface area contributed by atoms with Crippen LogP contribution >= 0.6 is 0 Å². The first-order valence-corrected chi connectivity index (χ1v) is 9.18. The van der Waals surface area contributed by atoms with Crippen molar-refractivity contribution >= 4 is 11.6 Å². The van der Waals surface area contributed by atoms with Crippen LogP contribution in [-0.4, -0.2) is 16.7 Å². The molecule has 0 radical (unpaired) electrons. The van der Waals surface area contributed by atoms with E-state index in [0.717, 1.165) is 11.1 Å². The zero-order valence-corrected chi connectivity index (χ0v) is 16.3. The summed E-state index contributed by atoms with van der Waals surface area (Å²) in [6.07, 6.45) is 0. The number of hydrazone groups is 1. The van der Waals surface area contributed by atoms with E-state index in [1.807, 2.05) is 45.0 Å². The molecule has 4 heteroatoms. The Morgan fingerprint density at radius 1 is 0.893 bits per heavy atom. The van der Waals surface area contributed by atoms with Crippen LogP contribution < -0.4 is 5.43 Å². The number of hydrogen-bond donors (Lipinski definition) is 2. The molecule has 0 unspecified atom stereocenters. The number of carbonyl (C=O) groups is 1. The van der Waals surface area contributed by atoms with Gasteiger partial charge in [-0.05, 0) is 37.5 Å².